The largest absolute Gasteiger partial charge is 0.325 e. The van der Waals surface area contributed by atoms with Crippen LogP contribution in [0, 0.1) is 5.41 Å². The van der Waals surface area contributed by atoms with Crippen LogP contribution in [0.1, 0.15) is 27.7 Å². The summed E-state index contributed by atoms with van der Waals surface area (Å²) in [6.45, 7) is 7.03. The van der Waals surface area contributed by atoms with Gasteiger partial charge in [-0.05, 0) is 45.9 Å². The van der Waals surface area contributed by atoms with Gasteiger partial charge in [-0.15, -0.1) is 0 Å². The SMILES string of the molecule is CC(C)(N)C(C)(C)C(=O)Nc1cccc(NS(N)(=O)=O)c1. The first-order valence-corrected chi connectivity index (χ1v) is 7.88. The first kappa shape index (κ1) is 17.4. The zero-order valence-corrected chi connectivity index (χ0v) is 13.4. The highest BCUT2D eigenvalue weighted by Crippen LogP contribution is 2.30. The molecule has 0 bridgehead atoms. The Morgan fingerprint density at radius 2 is 1.67 bits per heavy atom. The summed E-state index contributed by atoms with van der Waals surface area (Å²) in [5.41, 5.74) is 5.20. The Labute approximate surface area is 125 Å². The van der Waals surface area contributed by atoms with Gasteiger partial charge in [0.1, 0.15) is 0 Å². The summed E-state index contributed by atoms with van der Waals surface area (Å²) in [4.78, 5) is 12.3. The maximum Gasteiger partial charge on any atom is 0.296 e. The highest BCUT2D eigenvalue weighted by atomic mass is 32.2. The monoisotopic (exact) mass is 314 g/mol. The average Bonchev–Trinajstić information content (AvgIpc) is 2.25. The van der Waals surface area contributed by atoms with Crippen LogP contribution >= 0.6 is 0 Å². The van der Waals surface area contributed by atoms with Crippen LogP contribution in [-0.4, -0.2) is 19.9 Å². The summed E-state index contributed by atoms with van der Waals surface area (Å²) >= 11 is 0. The molecule has 0 fully saturated rings. The first-order valence-electron chi connectivity index (χ1n) is 6.34. The van der Waals surface area contributed by atoms with Gasteiger partial charge in [0.15, 0.2) is 0 Å². The molecule has 0 unspecified atom stereocenters. The standard InChI is InChI=1S/C13H22N4O3S/c1-12(2,13(3,4)14)11(18)16-9-6-5-7-10(8-9)17-21(15,19)20/h5-8,17H,14H2,1-4H3,(H,16,18)(H2,15,19,20). The zero-order chi connectivity index (χ0) is 16.5. The summed E-state index contributed by atoms with van der Waals surface area (Å²) < 4.78 is 24.1. The number of nitrogens with one attached hydrogen (secondary N) is 2. The quantitative estimate of drug-likeness (QED) is 0.646. The molecule has 0 saturated carbocycles. The lowest BCUT2D eigenvalue weighted by Crippen LogP contribution is -2.53. The minimum Gasteiger partial charge on any atom is -0.325 e. The molecule has 118 valence electrons. The third-order valence-electron chi connectivity index (χ3n) is 3.56. The van der Waals surface area contributed by atoms with Gasteiger partial charge in [0.2, 0.25) is 5.91 Å². The van der Waals surface area contributed by atoms with E-state index in [2.05, 4.69) is 10.0 Å². The maximum absolute atomic E-state index is 12.3. The topological polar surface area (TPSA) is 127 Å². The molecule has 1 amide bonds. The minimum absolute atomic E-state index is 0.261. The van der Waals surface area contributed by atoms with Crippen LogP contribution in [0.3, 0.4) is 0 Å². The Kier molecular flexibility index (Phi) is 4.66. The lowest BCUT2D eigenvalue weighted by molar-refractivity contribution is -0.126. The number of benzene rings is 1. The molecule has 0 radical (unpaired) electrons. The molecular formula is C13H22N4O3S. The van der Waals surface area contributed by atoms with Crippen LogP contribution in [-0.2, 0) is 15.0 Å². The fourth-order valence-corrected chi connectivity index (χ4v) is 1.86. The van der Waals surface area contributed by atoms with E-state index < -0.39 is 21.2 Å². The molecule has 0 aromatic heterocycles. The number of nitrogens with two attached hydrogens (primary N) is 2. The van der Waals surface area contributed by atoms with Crippen molar-refractivity contribution in [2.45, 2.75) is 33.2 Å². The predicted molar refractivity (Wildman–Crippen MR) is 83.8 cm³/mol. The molecule has 0 aliphatic carbocycles. The van der Waals surface area contributed by atoms with Crippen LogP contribution in [0.5, 0.6) is 0 Å². The van der Waals surface area contributed by atoms with E-state index in [4.69, 9.17) is 10.9 Å². The van der Waals surface area contributed by atoms with Gasteiger partial charge >= 0.3 is 0 Å². The zero-order valence-electron chi connectivity index (χ0n) is 12.6. The van der Waals surface area contributed by atoms with Crippen LogP contribution < -0.4 is 20.9 Å². The van der Waals surface area contributed by atoms with Crippen LogP contribution in [0.4, 0.5) is 11.4 Å². The third-order valence-corrected chi connectivity index (χ3v) is 4.08. The predicted octanol–water partition coefficient (Wildman–Crippen LogP) is 1.00. The van der Waals surface area contributed by atoms with Crippen molar-refractivity contribution in [3.63, 3.8) is 0 Å². The van der Waals surface area contributed by atoms with Gasteiger partial charge in [0.05, 0.1) is 11.1 Å². The lowest BCUT2D eigenvalue weighted by Gasteiger charge is -2.36. The van der Waals surface area contributed by atoms with Gasteiger partial charge in [-0.2, -0.15) is 8.42 Å². The Bertz CT molecular complexity index is 633. The van der Waals surface area contributed by atoms with Gasteiger partial charge in [0.25, 0.3) is 10.2 Å². The molecule has 0 aliphatic heterocycles. The van der Waals surface area contributed by atoms with Crippen molar-refractivity contribution >= 4 is 27.5 Å². The summed E-state index contributed by atoms with van der Waals surface area (Å²) in [6.07, 6.45) is 0. The molecule has 21 heavy (non-hydrogen) atoms. The number of rotatable bonds is 5. The molecule has 1 aromatic carbocycles. The molecule has 0 spiro atoms. The fraction of sp³-hybridized carbons (Fsp3) is 0.462. The van der Waals surface area contributed by atoms with Gasteiger partial charge in [0, 0.05) is 11.2 Å². The van der Waals surface area contributed by atoms with Gasteiger partial charge in [-0.1, -0.05) is 6.07 Å². The number of amides is 1. The molecule has 7 nitrogen and oxygen atoms in total. The average molecular weight is 314 g/mol. The third kappa shape index (κ3) is 4.69. The highest BCUT2D eigenvalue weighted by Gasteiger charge is 2.40. The summed E-state index contributed by atoms with van der Waals surface area (Å²) in [6, 6.07) is 6.25. The van der Waals surface area contributed by atoms with Gasteiger partial charge < -0.3 is 11.1 Å². The molecule has 0 heterocycles. The highest BCUT2D eigenvalue weighted by molar-refractivity contribution is 7.90. The molecule has 1 rings (SSSR count). The second-order valence-electron chi connectivity index (χ2n) is 6.03. The molecule has 0 aliphatic rings. The minimum atomic E-state index is -3.86. The van der Waals surface area contributed by atoms with Crippen molar-refractivity contribution < 1.29 is 13.2 Å². The molecule has 0 atom stereocenters. The van der Waals surface area contributed by atoms with Crippen molar-refractivity contribution in [3.8, 4) is 0 Å². The smallest absolute Gasteiger partial charge is 0.296 e. The van der Waals surface area contributed by atoms with Crippen LogP contribution in [0.15, 0.2) is 24.3 Å². The van der Waals surface area contributed by atoms with Crippen molar-refractivity contribution in [2.75, 3.05) is 10.0 Å². The number of carbonyl (C=O) groups is 1. The van der Waals surface area contributed by atoms with E-state index in [1.165, 1.54) is 12.1 Å². The Morgan fingerprint density at radius 3 is 2.14 bits per heavy atom. The van der Waals surface area contributed by atoms with E-state index in [0.717, 1.165) is 0 Å². The molecule has 8 heteroatoms. The van der Waals surface area contributed by atoms with E-state index in [0.29, 0.717) is 5.69 Å². The second-order valence-corrected chi connectivity index (χ2v) is 7.32. The molecule has 6 N–H and O–H groups in total. The van der Waals surface area contributed by atoms with E-state index >= 15 is 0 Å². The van der Waals surface area contributed by atoms with Crippen molar-refractivity contribution in [1.29, 1.82) is 0 Å². The molecule has 0 saturated heterocycles. The summed E-state index contributed by atoms with van der Waals surface area (Å²) in [7, 11) is -3.86. The van der Waals surface area contributed by atoms with Crippen molar-refractivity contribution in [1.82, 2.24) is 0 Å². The van der Waals surface area contributed by atoms with Gasteiger partial charge in [-0.25, -0.2) is 5.14 Å². The molecule has 1 aromatic rings. The van der Waals surface area contributed by atoms with E-state index in [1.807, 2.05) is 0 Å². The van der Waals surface area contributed by atoms with Crippen molar-refractivity contribution in [3.05, 3.63) is 24.3 Å². The van der Waals surface area contributed by atoms with E-state index in [9.17, 15) is 13.2 Å². The maximum atomic E-state index is 12.3. The van der Waals surface area contributed by atoms with Crippen LogP contribution in [0.25, 0.3) is 0 Å². The Balaban J connectivity index is 2.95. The van der Waals surface area contributed by atoms with E-state index in [-0.39, 0.29) is 11.6 Å². The van der Waals surface area contributed by atoms with Crippen LogP contribution in [0.2, 0.25) is 0 Å². The molecular weight excluding hydrogens is 292 g/mol. The number of hydrogen-bond acceptors (Lipinski definition) is 4. The Hall–Kier alpha value is -1.64. The number of anilines is 2. The van der Waals surface area contributed by atoms with E-state index in [1.54, 1.807) is 39.8 Å². The second kappa shape index (κ2) is 5.63. The number of hydrogen-bond donors (Lipinski definition) is 4. The summed E-state index contributed by atoms with van der Waals surface area (Å²) in [5.74, 6) is -0.261. The Morgan fingerprint density at radius 1 is 1.14 bits per heavy atom. The fourth-order valence-electron chi connectivity index (χ4n) is 1.40. The van der Waals surface area contributed by atoms with Gasteiger partial charge in [-0.3, -0.25) is 9.52 Å². The normalized spacial score (nSPS) is 12.9. The lowest BCUT2D eigenvalue weighted by atomic mass is 9.74. The first-order chi connectivity index (χ1) is 9.33. The summed E-state index contributed by atoms with van der Waals surface area (Å²) in [5, 5.41) is 7.62. The van der Waals surface area contributed by atoms with Crippen molar-refractivity contribution in [2.24, 2.45) is 16.3 Å². The number of carbonyl (C=O) groups excluding carboxylic acids is 1.